The zero-order chi connectivity index (χ0) is 21.1. The van der Waals surface area contributed by atoms with Crippen molar-refractivity contribution in [2.24, 2.45) is 10.2 Å². The van der Waals surface area contributed by atoms with Crippen LogP contribution in [-0.2, 0) is 0 Å². The maximum Gasteiger partial charge on any atom is 0.0706 e. The Hall–Kier alpha value is -3.80. The lowest BCUT2D eigenvalue weighted by Gasteiger charge is -2.05. The van der Waals surface area contributed by atoms with Gasteiger partial charge in [0.25, 0.3) is 0 Å². The molecule has 0 amide bonds. The maximum absolute atomic E-state index is 4.52. The van der Waals surface area contributed by atoms with E-state index in [-0.39, 0.29) is 0 Å². The maximum atomic E-state index is 4.52. The Morgan fingerprint density at radius 3 is 1.37 bits per heavy atom. The molecule has 6 heteroatoms. The Kier molecular flexibility index (Phi) is 5.39. The average molecular weight is 396 g/mol. The van der Waals surface area contributed by atoms with Crippen LogP contribution in [-0.4, -0.2) is 31.0 Å². The number of nitrogens with zero attached hydrogens (tertiary/aromatic N) is 6. The number of rotatable bonds is 5. The number of aromatic nitrogens is 4. The highest BCUT2D eigenvalue weighted by molar-refractivity contribution is 6.02. The lowest BCUT2D eigenvalue weighted by atomic mass is 10.2. The van der Waals surface area contributed by atoms with Crippen LogP contribution < -0.4 is 0 Å². The van der Waals surface area contributed by atoms with Gasteiger partial charge in [-0.3, -0.25) is 0 Å². The summed E-state index contributed by atoms with van der Waals surface area (Å²) in [7, 11) is 0. The first-order valence-electron chi connectivity index (χ1n) is 9.86. The van der Waals surface area contributed by atoms with Crippen molar-refractivity contribution in [2.75, 3.05) is 0 Å². The predicted molar refractivity (Wildman–Crippen MR) is 121 cm³/mol. The number of hydrogen-bond donors (Lipinski definition) is 0. The van der Waals surface area contributed by atoms with Crippen molar-refractivity contribution in [3.8, 4) is 11.4 Å². The molecule has 150 valence electrons. The summed E-state index contributed by atoms with van der Waals surface area (Å²) in [4.78, 5) is 0. The monoisotopic (exact) mass is 396 g/mol. The van der Waals surface area contributed by atoms with Gasteiger partial charge in [-0.15, -0.1) is 0 Å². The molecule has 4 rings (SSSR count). The van der Waals surface area contributed by atoms with Crippen molar-refractivity contribution in [3.05, 3.63) is 95.6 Å². The Labute approximate surface area is 176 Å². The minimum atomic E-state index is 0.821. The molecule has 0 aliphatic heterocycles. The smallest absolute Gasteiger partial charge is 0.0706 e. The standard InChI is InChI=1S/C24H24N6/c1-17(23-15-25-29(19(23)3)21-11-7-5-8-12-21)27-28-18(2)24-16-26-30(20(24)4)22-13-9-6-10-14-22/h5-16H,1-4H3/b27-17+,28-18+. The molecule has 0 unspecified atom stereocenters. The second-order valence-corrected chi connectivity index (χ2v) is 7.15. The van der Waals surface area contributed by atoms with Crippen LogP contribution in [0.25, 0.3) is 11.4 Å². The summed E-state index contributed by atoms with van der Waals surface area (Å²) in [5.41, 5.74) is 7.71. The van der Waals surface area contributed by atoms with E-state index in [1.165, 1.54) is 0 Å². The van der Waals surface area contributed by atoms with Crippen molar-refractivity contribution >= 4 is 11.4 Å². The van der Waals surface area contributed by atoms with E-state index in [9.17, 15) is 0 Å². The minimum Gasteiger partial charge on any atom is -0.237 e. The molecule has 0 spiro atoms. The molecular formula is C24H24N6. The van der Waals surface area contributed by atoms with Crippen LogP contribution in [0.4, 0.5) is 0 Å². The molecule has 0 fully saturated rings. The molecular weight excluding hydrogens is 372 g/mol. The Morgan fingerprint density at radius 1 is 0.633 bits per heavy atom. The molecule has 0 saturated heterocycles. The topological polar surface area (TPSA) is 60.4 Å². The van der Waals surface area contributed by atoms with Crippen LogP contribution in [0.2, 0.25) is 0 Å². The van der Waals surface area contributed by atoms with Gasteiger partial charge in [0.15, 0.2) is 0 Å². The van der Waals surface area contributed by atoms with Crippen LogP contribution >= 0.6 is 0 Å². The summed E-state index contributed by atoms with van der Waals surface area (Å²) in [6, 6.07) is 20.1. The van der Waals surface area contributed by atoms with Crippen LogP contribution in [0, 0.1) is 13.8 Å². The van der Waals surface area contributed by atoms with Crippen LogP contribution in [0.3, 0.4) is 0 Å². The van der Waals surface area contributed by atoms with Crippen molar-refractivity contribution < 1.29 is 0 Å². The molecule has 0 atom stereocenters. The molecule has 0 aliphatic carbocycles. The second kappa shape index (κ2) is 8.29. The summed E-state index contributed by atoms with van der Waals surface area (Å²) >= 11 is 0. The first-order valence-corrected chi connectivity index (χ1v) is 9.86. The number of benzene rings is 2. The summed E-state index contributed by atoms with van der Waals surface area (Å²) in [5.74, 6) is 0. The zero-order valence-electron chi connectivity index (χ0n) is 17.6. The second-order valence-electron chi connectivity index (χ2n) is 7.15. The van der Waals surface area contributed by atoms with Crippen molar-refractivity contribution in [1.29, 1.82) is 0 Å². The molecule has 0 bridgehead atoms. The molecule has 2 heterocycles. The lowest BCUT2D eigenvalue weighted by Crippen LogP contribution is -2.03. The number of para-hydroxylation sites is 2. The van der Waals surface area contributed by atoms with E-state index < -0.39 is 0 Å². The third kappa shape index (κ3) is 3.72. The van der Waals surface area contributed by atoms with Crippen LogP contribution in [0.15, 0.2) is 83.3 Å². The van der Waals surface area contributed by atoms with E-state index in [0.29, 0.717) is 0 Å². The largest absolute Gasteiger partial charge is 0.237 e. The first-order chi connectivity index (χ1) is 14.6. The molecule has 30 heavy (non-hydrogen) atoms. The van der Waals surface area contributed by atoms with Crippen molar-refractivity contribution in [3.63, 3.8) is 0 Å². The van der Waals surface area contributed by atoms with E-state index in [4.69, 9.17) is 0 Å². The fourth-order valence-electron chi connectivity index (χ4n) is 3.45. The van der Waals surface area contributed by atoms with Gasteiger partial charge in [0.05, 0.1) is 46.6 Å². The van der Waals surface area contributed by atoms with Crippen LogP contribution in [0.1, 0.15) is 36.4 Å². The molecule has 0 aliphatic rings. The first kappa shape index (κ1) is 19.5. The molecule has 0 radical (unpaired) electrons. The van der Waals surface area contributed by atoms with Gasteiger partial charge in [0.1, 0.15) is 0 Å². The van der Waals surface area contributed by atoms with E-state index >= 15 is 0 Å². The Balaban J connectivity index is 1.61. The van der Waals surface area contributed by atoms with Gasteiger partial charge >= 0.3 is 0 Å². The van der Waals surface area contributed by atoms with Gasteiger partial charge in [0.2, 0.25) is 0 Å². The molecule has 2 aromatic heterocycles. The molecule has 4 aromatic rings. The average Bonchev–Trinajstić information content (AvgIpc) is 3.36. The van der Waals surface area contributed by atoms with E-state index in [1.54, 1.807) is 0 Å². The number of hydrogen-bond acceptors (Lipinski definition) is 4. The van der Waals surface area contributed by atoms with Crippen LogP contribution in [0.5, 0.6) is 0 Å². The highest BCUT2D eigenvalue weighted by Crippen LogP contribution is 2.17. The van der Waals surface area contributed by atoms with Crippen molar-refractivity contribution in [1.82, 2.24) is 19.6 Å². The highest BCUT2D eigenvalue weighted by atomic mass is 15.3. The minimum absolute atomic E-state index is 0.821. The van der Waals surface area contributed by atoms with Gasteiger partial charge in [0, 0.05) is 11.1 Å². The highest BCUT2D eigenvalue weighted by Gasteiger charge is 2.12. The van der Waals surface area contributed by atoms with E-state index in [2.05, 4.69) is 20.4 Å². The molecule has 0 N–H and O–H groups in total. The SMILES string of the molecule is C/C(=N\N=C(/C)c1cnn(-c2ccccc2)c1C)c1cnn(-c2ccccc2)c1C. The summed E-state index contributed by atoms with van der Waals surface area (Å²) in [5, 5.41) is 18.0. The Morgan fingerprint density at radius 2 is 1.00 bits per heavy atom. The fourth-order valence-corrected chi connectivity index (χ4v) is 3.45. The van der Waals surface area contributed by atoms with Crippen molar-refractivity contribution in [2.45, 2.75) is 27.7 Å². The normalized spacial score (nSPS) is 12.4. The van der Waals surface area contributed by atoms with Gasteiger partial charge in [-0.2, -0.15) is 20.4 Å². The Bertz CT molecular complexity index is 1120. The summed E-state index contributed by atoms with van der Waals surface area (Å²) in [6.07, 6.45) is 3.68. The zero-order valence-corrected chi connectivity index (χ0v) is 17.6. The molecule has 2 aromatic carbocycles. The summed E-state index contributed by atoms with van der Waals surface area (Å²) in [6.45, 7) is 7.99. The van der Waals surface area contributed by atoms with Gasteiger partial charge in [-0.1, -0.05) is 36.4 Å². The van der Waals surface area contributed by atoms with Gasteiger partial charge in [-0.25, -0.2) is 9.36 Å². The predicted octanol–water partition coefficient (Wildman–Crippen LogP) is 4.91. The lowest BCUT2D eigenvalue weighted by molar-refractivity contribution is 0.846. The molecule has 0 saturated carbocycles. The van der Waals surface area contributed by atoms with Gasteiger partial charge in [-0.05, 0) is 52.0 Å². The van der Waals surface area contributed by atoms with E-state index in [0.717, 1.165) is 45.3 Å². The third-order valence-electron chi connectivity index (χ3n) is 5.15. The summed E-state index contributed by atoms with van der Waals surface area (Å²) < 4.78 is 3.83. The van der Waals surface area contributed by atoms with E-state index in [1.807, 2.05) is 110 Å². The third-order valence-corrected chi connectivity index (χ3v) is 5.15. The fraction of sp³-hybridized carbons (Fsp3) is 0.167. The van der Waals surface area contributed by atoms with Gasteiger partial charge < -0.3 is 0 Å². The molecule has 6 nitrogen and oxygen atoms in total. The quantitative estimate of drug-likeness (QED) is 0.355.